The van der Waals surface area contributed by atoms with Crippen LogP contribution in [0.2, 0.25) is 0 Å². The molecule has 0 bridgehead atoms. The molecule has 0 saturated heterocycles. The number of amides is 1. The van der Waals surface area contributed by atoms with E-state index in [4.69, 9.17) is 0 Å². The minimum absolute atomic E-state index is 0.0335. The van der Waals surface area contributed by atoms with Crippen molar-refractivity contribution in [3.05, 3.63) is 5.82 Å². The molecule has 0 spiro atoms. The Morgan fingerprint density at radius 2 is 2.07 bits per heavy atom. The van der Waals surface area contributed by atoms with Gasteiger partial charge >= 0.3 is 0 Å². The number of aryl methyl sites for hydroxylation is 1. The van der Waals surface area contributed by atoms with Crippen LogP contribution >= 0.6 is 0 Å². The molecule has 0 aromatic carbocycles. The number of aromatic nitrogens is 3. The lowest BCUT2D eigenvalue weighted by molar-refractivity contribution is -0.120. The fraction of sp³-hybridized carbons (Fsp3) is 0.667. The quantitative estimate of drug-likeness (QED) is 0.766. The summed E-state index contributed by atoms with van der Waals surface area (Å²) in [7, 11) is 0. The molecule has 1 amide bonds. The lowest BCUT2D eigenvalue weighted by Gasteiger charge is -2.13. The summed E-state index contributed by atoms with van der Waals surface area (Å²) in [5.74, 6) is 1.28. The Balaban J connectivity index is 2.57. The number of carbonyl (C=O) groups is 1. The van der Waals surface area contributed by atoms with E-state index in [0.717, 1.165) is 0 Å². The zero-order valence-electron chi connectivity index (χ0n) is 8.96. The number of anilines is 1. The second kappa shape index (κ2) is 4.21. The summed E-state index contributed by atoms with van der Waals surface area (Å²) in [4.78, 5) is 15.6. The Morgan fingerprint density at radius 1 is 1.43 bits per heavy atom. The van der Waals surface area contributed by atoms with E-state index in [1.54, 1.807) is 6.92 Å². The monoisotopic (exact) mass is 196 g/mol. The molecular formula is C9H16N4O. The number of rotatable bonds is 3. The van der Waals surface area contributed by atoms with E-state index < -0.39 is 0 Å². The van der Waals surface area contributed by atoms with Gasteiger partial charge < -0.3 is 0 Å². The highest BCUT2D eigenvalue weighted by Gasteiger charge is 2.17. The van der Waals surface area contributed by atoms with Gasteiger partial charge in [0.1, 0.15) is 5.82 Å². The molecule has 5 nitrogen and oxygen atoms in total. The first-order chi connectivity index (χ1) is 6.50. The van der Waals surface area contributed by atoms with E-state index in [1.807, 2.05) is 20.8 Å². The Bertz CT molecular complexity index is 318. The van der Waals surface area contributed by atoms with Crippen molar-refractivity contribution < 1.29 is 4.79 Å². The highest BCUT2D eigenvalue weighted by molar-refractivity contribution is 5.90. The second-order valence-corrected chi connectivity index (χ2v) is 3.77. The van der Waals surface area contributed by atoms with E-state index in [-0.39, 0.29) is 11.8 Å². The van der Waals surface area contributed by atoms with E-state index >= 15 is 0 Å². The molecule has 0 saturated carbocycles. The average Bonchev–Trinajstić information content (AvgIpc) is 2.49. The van der Waals surface area contributed by atoms with Gasteiger partial charge in [-0.15, -0.1) is 5.10 Å². The highest BCUT2D eigenvalue weighted by Crippen LogP contribution is 2.11. The molecule has 78 valence electrons. The topological polar surface area (TPSA) is 70.7 Å². The van der Waals surface area contributed by atoms with Crippen molar-refractivity contribution in [2.24, 2.45) is 11.8 Å². The number of H-pyrrole nitrogens is 1. The van der Waals surface area contributed by atoms with Gasteiger partial charge in [-0.3, -0.25) is 15.2 Å². The second-order valence-electron chi connectivity index (χ2n) is 3.77. The highest BCUT2D eigenvalue weighted by atomic mass is 16.2. The Labute approximate surface area is 83.3 Å². The molecule has 14 heavy (non-hydrogen) atoms. The van der Waals surface area contributed by atoms with Crippen molar-refractivity contribution in [1.82, 2.24) is 15.2 Å². The molecule has 0 radical (unpaired) electrons. The van der Waals surface area contributed by atoms with Gasteiger partial charge in [0, 0.05) is 5.92 Å². The minimum atomic E-state index is -0.0426. The molecule has 2 N–H and O–H groups in total. The maximum absolute atomic E-state index is 11.6. The fourth-order valence-electron chi connectivity index (χ4n) is 0.925. The van der Waals surface area contributed by atoms with Crippen LogP contribution in [0, 0.1) is 18.8 Å². The normalized spacial score (nSPS) is 12.9. The molecule has 5 heteroatoms. The largest absolute Gasteiger partial charge is 0.293 e. The van der Waals surface area contributed by atoms with Crippen LogP contribution in [0.3, 0.4) is 0 Å². The zero-order chi connectivity index (χ0) is 10.7. The molecule has 1 atom stereocenters. The molecular weight excluding hydrogens is 180 g/mol. The maximum atomic E-state index is 11.6. The number of nitrogens with zero attached hydrogens (tertiary/aromatic N) is 2. The van der Waals surface area contributed by atoms with E-state index in [1.165, 1.54) is 0 Å². The first-order valence-corrected chi connectivity index (χ1v) is 4.70. The fourth-order valence-corrected chi connectivity index (χ4v) is 0.925. The molecule has 1 rings (SSSR count). The van der Waals surface area contributed by atoms with Crippen molar-refractivity contribution in [2.45, 2.75) is 27.7 Å². The van der Waals surface area contributed by atoms with Crippen LogP contribution in [0.15, 0.2) is 0 Å². The van der Waals surface area contributed by atoms with Crippen molar-refractivity contribution >= 4 is 11.9 Å². The number of nitrogens with one attached hydrogen (secondary N) is 2. The third-order valence-corrected chi connectivity index (χ3v) is 2.25. The summed E-state index contributed by atoms with van der Waals surface area (Å²) in [6.45, 7) is 7.69. The summed E-state index contributed by atoms with van der Waals surface area (Å²) in [6.07, 6.45) is 0. The van der Waals surface area contributed by atoms with Gasteiger partial charge in [0.2, 0.25) is 11.9 Å². The summed E-state index contributed by atoms with van der Waals surface area (Å²) >= 11 is 0. The zero-order valence-corrected chi connectivity index (χ0v) is 8.96. The summed E-state index contributed by atoms with van der Waals surface area (Å²) in [5.41, 5.74) is 0. The first-order valence-electron chi connectivity index (χ1n) is 4.70. The summed E-state index contributed by atoms with van der Waals surface area (Å²) in [5, 5.41) is 9.15. The number of aromatic amines is 1. The summed E-state index contributed by atoms with van der Waals surface area (Å²) < 4.78 is 0. The van der Waals surface area contributed by atoms with E-state index in [0.29, 0.717) is 17.7 Å². The van der Waals surface area contributed by atoms with Crippen molar-refractivity contribution in [1.29, 1.82) is 0 Å². The van der Waals surface area contributed by atoms with Gasteiger partial charge in [-0.2, -0.15) is 4.98 Å². The van der Waals surface area contributed by atoms with Gasteiger partial charge in [-0.25, -0.2) is 0 Å². The average molecular weight is 196 g/mol. The van der Waals surface area contributed by atoms with Crippen LogP contribution in [0.1, 0.15) is 26.6 Å². The van der Waals surface area contributed by atoms with Gasteiger partial charge in [0.25, 0.3) is 0 Å². The SMILES string of the molecule is Cc1nc(NC(=O)C(C)C(C)C)n[nH]1. The van der Waals surface area contributed by atoms with E-state index in [2.05, 4.69) is 20.5 Å². The molecule has 1 aromatic heterocycles. The predicted octanol–water partition coefficient (Wildman–Crippen LogP) is 1.34. The third kappa shape index (κ3) is 2.55. The molecule has 0 aliphatic carbocycles. The van der Waals surface area contributed by atoms with Crippen LogP contribution in [-0.4, -0.2) is 21.1 Å². The molecule has 0 fully saturated rings. The van der Waals surface area contributed by atoms with Gasteiger partial charge in [0.05, 0.1) is 0 Å². The van der Waals surface area contributed by atoms with Crippen molar-refractivity contribution in [3.63, 3.8) is 0 Å². The molecule has 1 unspecified atom stereocenters. The smallest absolute Gasteiger partial charge is 0.248 e. The van der Waals surface area contributed by atoms with Crippen LogP contribution < -0.4 is 5.32 Å². The summed E-state index contributed by atoms with van der Waals surface area (Å²) in [6, 6.07) is 0. The number of carbonyl (C=O) groups excluding carboxylic acids is 1. The van der Waals surface area contributed by atoms with Crippen LogP contribution in [0.25, 0.3) is 0 Å². The Morgan fingerprint density at radius 3 is 2.50 bits per heavy atom. The molecule has 1 aromatic rings. The minimum Gasteiger partial charge on any atom is -0.293 e. The van der Waals surface area contributed by atoms with Crippen molar-refractivity contribution in [2.75, 3.05) is 5.32 Å². The Kier molecular flexibility index (Phi) is 3.22. The maximum Gasteiger partial charge on any atom is 0.248 e. The van der Waals surface area contributed by atoms with Crippen LogP contribution in [0.4, 0.5) is 5.95 Å². The van der Waals surface area contributed by atoms with Gasteiger partial charge in [-0.05, 0) is 12.8 Å². The van der Waals surface area contributed by atoms with E-state index in [9.17, 15) is 4.79 Å². The lowest BCUT2D eigenvalue weighted by Crippen LogP contribution is -2.24. The number of hydrogen-bond acceptors (Lipinski definition) is 3. The molecule has 0 aliphatic rings. The van der Waals surface area contributed by atoms with Crippen LogP contribution in [0.5, 0.6) is 0 Å². The van der Waals surface area contributed by atoms with Gasteiger partial charge in [0.15, 0.2) is 0 Å². The third-order valence-electron chi connectivity index (χ3n) is 2.25. The van der Waals surface area contributed by atoms with Gasteiger partial charge in [-0.1, -0.05) is 20.8 Å². The molecule has 0 aliphatic heterocycles. The molecule has 1 heterocycles. The predicted molar refractivity (Wildman–Crippen MR) is 53.8 cm³/mol. The first kappa shape index (κ1) is 10.7. The van der Waals surface area contributed by atoms with Crippen LogP contribution in [-0.2, 0) is 4.79 Å². The Hall–Kier alpha value is -1.39. The lowest BCUT2D eigenvalue weighted by atomic mass is 9.97. The standard InChI is InChI=1S/C9H16N4O/c1-5(2)6(3)8(14)11-9-10-7(4)12-13-9/h5-6H,1-4H3,(H2,10,11,12,13,14). The van der Waals surface area contributed by atoms with Crippen molar-refractivity contribution in [3.8, 4) is 0 Å². The number of hydrogen-bond donors (Lipinski definition) is 2.